The van der Waals surface area contributed by atoms with Crippen molar-refractivity contribution in [1.82, 2.24) is 15.1 Å². The molecule has 0 aliphatic carbocycles. The summed E-state index contributed by atoms with van der Waals surface area (Å²) in [6.07, 6.45) is -0.0314. The van der Waals surface area contributed by atoms with Gasteiger partial charge in [-0.25, -0.2) is 4.39 Å². The van der Waals surface area contributed by atoms with Crippen LogP contribution in [0.1, 0.15) is 25.3 Å². The average Bonchev–Trinajstić information content (AvgIpc) is 3.10. The van der Waals surface area contributed by atoms with Gasteiger partial charge in [-0.1, -0.05) is 41.9 Å². The Balaban J connectivity index is 1.76. The first kappa shape index (κ1) is 19.0. The smallest absolute Gasteiger partial charge is 0.249 e. The van der Waals surface area contributed by atoms with Gasteiger partial charge in [-0.2, -0.15) is 0 Å². The van der Waals surface area contributed by atoms with E-state index in [1.54, 1.807) is 35.2 Å². The van der Waals surface area contributed by atoms with Crippen LogP contribution in [0, 0.1) is 5.82 Å². The van der Waals surface area contributed by atoms with Crippen LogP contribution in [-0.2, 0) is 17.8 Å². The lowest BCUT2D eigenvalue weighted by atomic mass is 10.1. The van der Waals surface area contributed by atoms with Crippen LogP contribution in [0.3, 0.4) is 0 Å². The molecule has 0 spiro atoms. The van der Waals surface area contributed by atoms with Crippen molar-refractivity contribution >= 4 is 17.5 Å². The average molecular weight is 388 g/mol. The molecule has 0 aliphatic heterocycles. The number of carbonyl (C=O) groups excluding carboxylic acids is 1. The van der Waals surface area contributed by atoms with E-state index in [1.807, 2.05) is 26.0 Å². The third kappa shape index (κ3) is 4.52. The Morgan fingerprint density at radius 2 is 1.85 bits per heavy atom. The van der Waals surface area contributed by atoms with Gasteiger partial charge in [0.05, 0.1) is 23.6 Å². The number of amides is 1. The number of hydrogen-bond acceptors (Lipinski definition) is 4. The van der Waals surface area contributed by atoms with E-state index in [9.17, 15) is 9.18 Å². The third-order valence-corrected chi connectivity index (χ3v) is 4.45. The minimum Gasteiger partial charge on any atom is -0.419 e. The Kier molecular flexibility index (Phi) is 5.86. The molecule has 1 heterocycles. The summed E-state index contributed by atoms with van der Waals surface area (Å²) >= 11 is 6.15. The molecule has 1 aromatic heterocycles. The van der Waals surface area contributed by atoms with Gasteiger partial charge in [0, 0.05) is 6.04 Å². The van der Waals surface area contributed by atoms with Gasteiger partial charge in [0.1, 0.15) is 5.82 Å². The summed E-state index contributed by atoms with van der Waals surface area (Å²) in [5.74, 6) is -0.0256. The predicted molar refractivity (Wildman–Crippen MR) is 101 cm³/mol. The van der Waals surface area contributed by atoms with Crippen LogP contribution >= 0.6 is 11.6 Å². The highest BCUT2D eigenvalue weighted by atomic mass is 35.5. The largest absolute Gasteiger partial charge is 0.419 e. The van der Waals surface area contributed by atoms with Crippen molar-refractivity contribution in [2.75, 3.05) is 0 Å². The molecular weight excluding hydrogens is 369 g/mol. The molecule has 5 nitrogen and oxygen atoms in total. The van der Waals surface area contributed by atoms with Crippen molar-refractivity contribution in [1.29, 1.82) is 0 Å². The van der Waals surface area contributed by atoms with Gasteiger partial charge < -0.3 is 9.32 Å². The summed E-state index contributed by atoms with van der Waals surface area (Å²) in [5.41, 5.74) is 0.988. The molecule has 140 valence electrons. The number of benzene rings is 2. The highest BCUT2D eigenvalue weighted by Gasteiger charge is 2.22. The first-order valence-electron chi connectivity index (χ1n) is 8.56. The molecule has 0 fully saturated rings. The maximum Gasteiger partial charge on any atom is 0.249 e. The quantitative estimate of drug-likeness (QED) is 0.624. The summed E-state index contributed by atoms with van der Waals surface area (Å²) in [5, 5.41) is 8.54. The number of halogens is 2. The van der Waals surface area contributed by atoms with E-state index in [4.69, 9.17) is 16.0 Å². The SMILES string of the molecule is CC(C)N(Cc1nnc(-c2ccccc2Cl)o1)C(=O)Cc1ccccc1F. The Hall–Kier alpha value is -2.73. The molecular formula is C20H19ClFN3O2. The van der Waals surface area contributed by atoms with Gasteiger partial charge >= 0.3 is 0 Å². The molecule has 0 bridgehead atoms. The fourth-order valence-corrected chi connectivity index (χ4v) is 2.89. The Morgan fingerprint density at radius 3 is 2.56 bits per heavy atom. The van der Waals surface area contributed by atoms with Gasteiger partial charge in [-0.15, -0.1) is 10.2 Å². The summed E-state index contributed by atoms with van der Waals surface area (Å²) in [6, 6.07) is 13.3. The standard InChI is InChI=1S/C20H19ClFN3O2/c1-13(2)25(19(26)11-14-7-3-6-10-17(14)22)12-18-23-24-20(27-18)15-8-4-5-9-16(15)21/h3-10,13H,11-12H2,1-2H3. The Labute approximate surface area is 161 Å². The zero-order valence-electron chi connectivity index (χ0n) is 15.0. The molecule has 0 N–H and O–H groups in total. The molecule has 0 aliphatic rings. The molecule has 3 aromatic rings. The predicted octanol–water partition coefficient (Wildman–Crippen LogP) is 4.51. The zero-order valence-corrected chi connectivity index (χ0v) is 15.8. The normalized spacial score (nSPS) is 11.0. The maximum atomic E-state index is 13.8. The minimum atomic E-state index is -0.395. The van der Waals surface area contributed by atoms with Crippen molar-refractivity contribution < 1.29 is 13.6 Å². The Morgan fingerprint density at radius 1 is 1.15 bits per heavy atom. The zero-order chi connectivity index (χ0) is 19.4. The van der Waals surface area contributed by atoms with E-state index in [0.717, 1.165) is 0 Å². The van der Waals surface area contributed by atoms with Crippen LogP contribution < -0.4 is 0 Å². The second-order valence-electron chi connectivity index (χ2n) is 6.36. The van der Waals surface area contributed by atoms with E-state index in [2.05, 4.69) is 10.2 Å². The number of carbonyl (C=O) groups is 1. The van der Waals surface area contributed by atoms with Crippen LogP contribution in [0.4, 0.5) is 4.39 Å². The lowest BCUT2D eigenvalue weighted by Gasteiger charge is -2.25. The fourth-order valence-electron chi connectivity index (χ4n) is 2.67. The number of rotatable bonds is 6. The van der Waals surface area contributed by atoms with Crippen LogP contribution in [0.25, 0.3) is 11.5 Å². The van der Waals surface area contributed by atoms with Gasteiger partial charge in [-0.3, -0.25) is 4.79 Å². The van der Waals surface area contributed by atoms with Crippen LogP contribution in [0.2, 0.25) is 5.02 Å². The van der Waals surface area contributed by atoms with Crippen LogP contribution in [0.5, 0.6) is 0 Å². The molecule has 7 heteroatoms. The van der Waals surface area contributed by atoms with Gasteiger partial charge in [0.15, 0.2) is 0 Å². The molecule has 0 saturated heterocycles. The Bertz CT molecular complexity index is 942. The van der Waals surface area contributed by atoms with E-state index < -0.39 is 5.82 Å². The first-order chi connectivity index (χ1) is 13.0. The minimum absolute atomic E-state index is 0.0314. The van der Waals surface area contributed by atoms with E-state index in [0.29, 0.717) is 27.9 Å². The van der Waals surface area contributed by atoms with Gasteiger partial charge in [0.25, 0.3) is 0 Å². The van der Waals surface area contributed by atoms with E-state index >= 15 is 0 Å². The molecule has 0 saturated carbocycles. The number of nitrogens with zero attached hydrogens (tertiary/aromatic N) is 3. The molecule has 0 unspecified atom stereocenters. The summed E-state index contributed by atoms with van der Waals surface area (Å²) in [6.45, 7) is 3.90. The number of aromatic nitrogens is 2. The second-order valence-corrected chi connectivity index (χ2v) is 6.77. The monoisotopic (exact) mass is 387 g/mol. The van der Waals surface area contributed by atoms with Crippen molar-refractivity contribution in [3.63, 3.8) is 0 Å². The highest BCUT2D eigenvalue weighted by molar-refractivity contribution is 6.33. The summed E-state index contributed by atoms with van der Waals surface area (Å²) < 4.78 is 19.5. The topological polar surface area (TPSA) is 59.2 Å². The molecule has 27 heavy (non-hydrogen) atoms. The summed E-state index contributed by atoms with van der Waals surface area (Å²) in [4.78, 5) is 14.3. The summed E-state index contributed by atoms with van der Waals surface area (Å²) in [7, 11) is 0. The number of hydrogen-bond donors (Lipinski definition) is 0. The van der Waals surface area contributed by atoms with Crippen molar-refractivity contribution in [3.05, 3.63) is 70.8 Å². The third-order valence-electron chi connectivity index (χ3n) is 4.12. The first-order valence-corrected chi connectivity index (χ1v) is 8.93. The van der Waals surface area contributed by atoms with Gasteiger partial charge in [-0.05, 0) is 37.6 Å². The van der Waals surface area contributed by atoms with E-state index in [1.165, 1.54) is 6.07 Å². The van der Waals surface area contributed by atoms with Crippen LogP contribution in [-0.4, -0.2) is 27.0 Å². The van der Waals surface area contributed by atoms with Crippen molar-refractivity contribution in [2.45, 2.75) is 32.9 Å². The van der Waals surface area contributed by atoms with Crippen molar-refractivity contribution in [3.8, 4) is 11.5 Å². The highest BCUT2D eigenvalue weighted by Crippen LogP contribution is 2.26. The van der Waals surface area contributed by atoms with Crippen molar-refractivity contribution in [2.24, 2.45) is 0 Å². The second kappa shape index (κ2) is 8.31. The maximum absolute atomic E-state index is 13.8. The molecule has 1 amide bonds. The molecule has 2 aromatic carbocycles. The molecule has 0 atom stereocenters. The fraction of sp³-hybridized carbons (Fsp3) is 0.250. The molecule has 0 radical (unpaired) electrons. The lowest BCUT2D eigenvalue weighted by molar-refractivity contribution is -0.133. The van der Waals surface area contributed by atoms with E-state index in [-0.39, 0.29) is 24.9 Å². The molecule has 3 rings (SSSR count). The van der Waals surface area contributed by atoms with Gasteiger partial charge in [0.2, 0.25) is 17.7 Å². The van der Waals surface area contributed by atoms with Crippen LogP contribution in [0.15, 0.2) is 52.9 Å². The lowest BCUT2D eigenvalue weighted by Crippen LogP contribution is -2.37.